The molecular formula is C18H27N. The average molecular weight is 257 g/mol. The zero-order valence-corrected chi connectivity index (χ0v) is 12.0. The highest BCUT2D eigenvalue weighted by Crippen LogP contribution is 2.38. The normalized spacial score (nSPS) is 24.6. The molecule has 2 unspecified atom stereocenters. The Kier molecular flexibility index (Phi) is 4.22. The van der Waals surface area contributed by atoms with Crippen molar-refractivity contribution in [1.29, 1.82) is 0 Å². The smallest absolute Gasteiger partial charge is 0.00448 e. The van der Waals surface area contributed by atoms with Crippen molar-refractivity contribution in [3.63, 3.8) is 0 Å². The minimum atomic E-state index is 0.417. The van der Waals surface area contributed by atoms with Gasteiger partial charge < -0.3 is 5.73 Å². The van der Waals surface area contributed by atoms with Crippen LogP contribution in [0, 0.1) is 5.92 Å². The molecule has 2 atom stereocenters. The van der Waals surface area contributed by atoms with Crippen LogP contribution in [0.15, 0.2) is 24.3 Å². The van der Waals surface area contributed by atoms with E-state index in [0.717, 1.165) is 11.8 Å². The minimum Gasteiger partial charge on any atom is -0.328 e. The number of hydrogen-bond donors (Lipinski definition) is 1. The first-order chi connectivity index (χ1) is 9.33. The molecule has 0 amide bonds. The second-order valence-corrected chi connectivity index (χ2v) is 6.68. The van der Waals surface area contributed by atoms with Crippen LogP contribution in [0.1, 0.15) is 68.4 Å². The van der Waals surface area contributed by atoms with Crippen molar-refractivity contribution >= 4 is 0 Å². The number of benzene rings is 1. The maximum atomic E-state index is 6.36. The second-order valence-electron chi connectivity index (χ2n) is 6.68. The monoisotopic (exact) mass is 257 g/mol. The molecule has 104 valence electrons. The van der Waals surface area contributed by atoms with Crippen molar-refractivity contribution < 1.29 is 0 Å². The molecule has 19 heavy (non-hydrogen) atoms. The third kappa shape index (κ3) is 3.20. The van der Waals surface area contributed by atoms with Gasteiger partial charge in [0.15, 0.2) is 0 Å². The van der Waals surface area contributed by atoms with Crippen LogP contribution >= 0.6 is 0 Å². The highest BCUT2D eigenvalue weighted by Gasteiger charge is 2.27. The molecule has 1 fully saturated rings. The van der Waals surface area contributed by atoms with Gasteiger partial charge in [0.1, 0.15) is 0 Å². The summed E-state index contributed by atoms with van der Waals surface area (Å²) in [6.07, 6.45) is 12.3. The van der Waals surface area contributed by atoms with E-state index in [4.69, 9.17) is 5.73 Å². The van der Waals surface area contributed by atoms with Gasteiger partial charge in [0, 0.05) is 6.04 Å². The predicted molar refractivity (Wildman–Crippen MR) is 81.3 cm³/mol. The van der Waals surface area contributed by atoms with Crippen molar-refractivity contribution in [3.8, 4) is 0 Å². The number of hydrogen-bond acceptors (Lipinski definition) is 1. The van der Waals surface area contributed by atoms with Crippen LogP contribution in [0.2, 0.25) is 0 Å². The summed E-state index contributed by atoms with van der Waals surface area (Å²) < 4.78 is 0. The van der Waals surface area contributed by atoms with Crippen LogP contribution < -0.4 is 5.73 Å². The highest BCUT2D eigenvalue weighted by atomic mass is 14.6. The summed E-state index contributed by atoms with van der Waals surface area (Å²) in [5.41, 5.74) is 9.47. The lowest BCUT2D eigenvalue weighted by Gasteiger charge is -2.32. The van der Waals surface area contributed by atoms with Gasteiger partial charge in [-0.25, -0.2) is 0 Å². The van der Waals surface area contributed by atoms with Crippen molar-refractivity contribution in [1.82, 2.24) is 0 Å². The molecule has 2 aliphatic carbocycles. The summed E-state index contributed by atoms with van der Waals surface area (Å²) in [6.45, 7) is 0. The molecule has 2 aliphatic rings. The van der Waals surface area contributed by atoms with Crippen molar-refractivity contribution in [2.24, 2.45) is 11.7 Å². The van der Waals surface area contributed by atoms with Gasteiger partial charge in [-0.05, 0) is 48.6 Å². The summed E-state index contributed by atoms with van der Waals surface area (Å²) in [4.78, 5) is 0. The Morgan fingerprint density at radius 2 is 1.89 bits per heavy atom. The fourth-order valence-corrected chi connectivity index (χ4v) is 3.98. The lowest BCUT2D eigenvalue weighted by Crippen LogP contribution is -2.28. The fourth-order valence-electron chi connectivity index (χ4n) is 3.98. The summed E-state index contributed by atoms with van der Waals surface area (Å²) in [6, 6.07) is 9.29. The maximum absolute atomic E-state index is 6.36. The molecule has 2 N–H and O–H groups in total. The summed E-state index contributed by atoms with van der Waals surface area (Å²) in [7, 11) is 0. The Bertz CT molecular complexity index is 406. The van der Waals surface area contributed by atoms with Gasteiger partial charge in [0.05, 0.1) is 0 Å². The largest absolute Gasteiger partial charge is 0.328 e. The molecule has 1 heteroatoms. The van der Waals surface area contributed by atoms with Gasteiger partial charge in [-0.15, -0.1) is 0 Å². The zero-order valence-electron chi connectivity index (χ0n) is 12.0. The maximum Gasteiger partial charge on any atom is 0.00448 e. The molecular weight excluding hydrogens is 230 g/mol. The minimum absolute atomic E-state index is 0.417. The average Bonchev–Trinajstić information content (AvgIpc) is 2.44. The molecule has 0 heterocycles. The van der Waals surface area contributed by atoms with Crippen LogP contribution in [-0.2, 0) is 6.42 Å². The van der Waals surface area contributed by atoms with Crippen LogP contribution in [0.5, 0.6) is 0 Å². The second kappa shape index (κ2) is 6.09. The lowest BCUT2D eigenvalue weighted by atomic mass is 9.74. The zero-order chi connectivity index (χ0) is 13.1. The molecule has 0 saturated heterocycles. The first kappa shape index (κ1) is 13.2. The summed E-state index contributed by atoms with van der Waals surface area (Å²) in [5.74, 6) is 1.73. The quantitative estimate of drug-likeness (QED) is 0.831. The van der Waals surface area contributed by atoms with Crippen LogP contribution in [0.3, 0.4) is 0 Å². The first-order valence-corrected chi connectivity index (χ1v) is 8.16. The number of rotatable bonds is 5. The van der Waals surface area contributed by atoms with Crippen molar-refractivity contribution in [2.75, 3.05) is 0 Å². The van der Waals surface area contributed by atoms with Gasteiger partial charge in [0.2, 0.25) is 0 Å². The third-order valence-electron chi connectivity index (χ3n) is 5.22. The van der Waals surface area contributed by atoms with E-state index in [9.17, 15) is 0 Å². The van der Waals surface area contributed by atoms with Gasteiger partial charge in [-0.1, -0.05) is 56.4 Å². The van der Waals surface area contributed by atoms with E-state index in [-0.39, 0.29) is 0 Å². The topological polar surface area (TPSA) is 26.0 Å². The SMILES string of the molecule is NC(CCC1CCCCC1)CC1Cc2ccccc21. The molecule has 1 aromatic rings. The van der Waals surface area contributed by atoms with E-state index in [1.54, 1.807) is 11.1 Å². The van der Waals surface area contributed by atoms with Gasteiger partial charge in [-0.3, -0.25) is 0 Å². The van der Waals surface area contributed by atoms with Crippen LogP contribution in [0.25, 0.3) is 0 Å². The van der Waals surface area contributed by atoms with Gasteiger partial charge in [-0.2, -0.15) is 0 Å². The van der Waals surface area contributed by atoms with Crippen molar-refractivity contribution in [3.05, 3.63) is 35.4 Å². The molecule has 1 nitrogen and oxygen atoms in total. The molecule has 0 aliphatic heterocycles. The van der Waals surface area contributed by atoms with Crippen molar-refractivity contribution in [2.45, 2.75) is 69.7 Å². The molecule has 0 spiro atoms. The number of nitrogens with two attached hydrogens (primary N) is 1. The van der Waals surface area contributed by atoms with E-state index < -0.39 is 0 Å². The standard InChI is InChI=1S/C18H27N/c19-17(11-10-14-6-2-1-3-7-14)13-16-12-15-8-4-5-9-18(15)16/h4-5,8-9,14,16-17H,1-3,6-7,10-13,19H2. The molecule has 1 aromatic carbocycles. The summed E-state index contributed by atoms with van der Waals surface area (Å²) in [5, 5.41) is 0. The molecule has 3 rings (SSSR count). The van der Waals surface area contributed by atoms with E-state index in [0.29, 0.717) is 6.04 Å². The summed E-state index contributed by atoms with van der Waals surface area (Å²) >= 11 is 0. The van der Waals surface area contributed by atoms with Gasteiger partial charge in [0.25, 0.3) is 0 Å². The Labute approximate surface area is 117 Å². The van der Waals surface area contributed by atoms with E-state index in [2.05, 4.69) is 24.3 Å². The Morgan fingerprint density at radius 3 is 2.68 bits per heavy atom. The Balaban J connectivity index is 1.41. The predicted octanol–water partition coefficient (Wildman–Crippen LogP) is 4.40. The molecule has 1 saturated carbocycles. The molecule has 0 aromatic heterocycles. The van der Waals surface area contributed by atoms with Crippen LogP contribution in [-0.4, -0.2) is 6.04 Å². The fraction of sp³-hybridized carbons (Fsp3) is 0.667. The molecule has 0 bridgehead atoms. The first-order valence-electron chi connectivity index (χ1n) is 8.16. The van der Waals surface area contributed by atoms with E-state index in [1.165, 1.54) is 57.8 Å². The Morgan fingerprint density at radius 1 is 1.11 bits per heavy atom. The molecule has 0 radical (unpaired) electrons. The van der Waals surface area contributed by atoms with Crippen LogP contribution in [0.4, 0.5) is 0 Å². The number of fused-ring (bicyclic) bond motifs is 1. The van der Waals surface area contributed by atoms with Gasteiger partial charge >= 0.3 is 0 Å². The Hall–Kier alpha value is -0.820. The van der Waals surface area contributed by atoms with E-state index in [1.807, 2.05) is 0 Å². The van der Waals surface area contributed by atoms with E-state index >= 15 is 0 Å². The third-order valence-corrected chi connectivity index (χ3v) is 5.22. The lowest BCUT2D eigenvalue weighted by molar-refractivity contribution is 0.316. The highest BCUT2D eigenvalue weighted by molar-refractivity contribution is 5.39.